The Hall–Kier alpha value is -0.680. The molecule has 2 aliphatic rings. The summed E-state index contributed by atoms with van der Waals surface area (Å²) in [5, 5.41) is 0. The minimum atomic E-state index is -0.668. The Balaban J connectivity index is 2.21. The van der Waals surface area contributed by atoms with Gasteiger partial charge in [0.1, 0.15) is 5.41 Å². The zero-order chi connectivity index (χ0) is 14.0. The number of ether oxygens (including phenoxy) is 1. The predicted octanol–water partition coefficient (Wildman–Crippen LogP) is 1.72. The quantitative estimate of drug-likeness (QED) is 0.784. The van der Waals surface area contributed by atoms with Gasteiger partial charge in [-0.2, -0.15) is 0 Å². The first-order valence-corrected chi connectivity index (χ1v) is 7.57. The van der Waals surface area contributed by atoms with Crippen molar-refractivity contribution in [3.05, 3.63) is 0 Å². The van der Waals surface area contributed by atoms with E-state index in [2.05, 4.69) is 13.8 Å². The third kappa shape index (κ3) is 2.77. The lowest BCUT2D eigenvalue weighted by Crippen LogP contribution is -2.57. The van der Waals surface area contributed by atoms with Crippen LogP contribution in [0.4, 0.5) is 0 Å². The Bertz CT molecular complexity index is 366. The molecule has 0 aromatic carbocycles. The average Bonchev–Trinajstić information content (AvgIpc) is 2.41. The molecule has 0 saturated carbocycles. The molecule has 0 spiro atoms. The van der Waals surface area contributed by atoms with E-state index in [-0.39, 0.29) is 11.9 Å². The number of carbonyl (C=O) groups excluding carboxylic acids is 1. The molecular weight excluding hydrogens is 260 g/mol. The van der Waals surface area contributed by atoms with E-state index in [0.29, 0.717) is 37.0 Å². The van der Waals surface area contributed by atoms with Gasteiger partial charge in [0, 0.05) is 25.8 Å². The average molecular weight is 284 g/mol. The number of nitrogens with two attached hydrogens (primary N) is 1. The van der Waals surface area contributed by atoms with Gasteiger partial charge in [0.15, 0.2) is 0 Å². The molecule has 4 nitrogen and oxygen atoms in total. The van der Waals surface area contributed by atoms with Crippen LogP contribution >= 0.6 is 12.2 Å². The summed E-state index contributed by atoms with van der Waals surface area (Å²) < 4.78 is 5.37. The fourth-order valence-corrected chi connectivity index (χ4v) is 3.42. The SMILES string of the molecule is CC1CCC(C)N(C(=O)C2(C(N)=S)CCOCC2)C1. The lowest BCUT2D eigenvalue weighted by Gasteiger charge is -2.44. The Morgan fingerprint density at radius 1 is 1.32 bits per heavy atom. The molecule has 2 N–H and O–H groups in total. The molecule has 19 heavy (non-hydrogen) atoms. The summed E-state index contributed by atoms with van der Waals surface area (Å²) in [7, 11) is 0. The second-order valence-corrected chi connectivity index (χ2v) is 6.49. The zero-order valence-electron chi connectivity index (χ0n) is 11.9. The van der Waals surface area contributed by atoms with E-state index >= 15 is 0 Å². The highest BCUT2D eigenvalue weighted by Gasteiger charge is 2.46. The van der Waals surface area contributed by atoms with Crippen molar-refractivity contribution in [2.45, 2.75) is 45.6 Å². The molecule has 0 bridgehead atoms. The number of rotatable bonds is 2. The minimum absolute atomic E-state index is 0.127. The van der Waals surface area contributed by atoms with Crippen LogP contribution in [0.25, 0.3) is 0 Å². The third-order valence-electron chi connectivity index (χ3n) is 4.61. The van der Waals surface area contributed by atoms with Crippen LogP contribution in [-0.4, -0.2) is 41.6 Å². The summed E-state index contributed by atoms with van der Waals surface area (Å²) >= 11 is 5.22. The highest BCUT2D eigenvalue weighted by molar-refractivity contribution is 7.80. The van der Waals surface area contributed by atoms with Crippen molar-refractivity contribution in [3.63, 3.8) is 0 Å². The van der Waals surface area contributed by atoms with Gasteiger partial charge >= 0.3 is 0 Å². The number of thiocarbonyl (C=S) groups is 1. The van der Waals surface area contributed by atoms with Gasteiger partial charge in [-0.15, -0.1) is 0 Å². The van der Waals surface area contributed by atoms with Gasteiger partial charge in [0.25, 0.3) is 0 Å². The third-order valence-corrected chi connectivity index (χ3v) is 5.00. The van der Waals surface area contributed by atoms with E-state index in [9.17, 15) is 4.79 Å². The fraction of sp³-hybridized carbons (Fsp3) is 0.857. The molecule has 2 fully saturated rings. The molecule has 2 rings (SSSR count). The molecule has 0 aliphatic carbocycles. The van der Waals surface area contributed by atoms with Crippen LogP contribution in [0, 0.1) is 11.3 Å². The first kappa shape index (κ1) is 14.7. The van der Waals surface area contributed by atoms with Crippen LogP contribution in [-0.2, 0) is 9.53 Å². The largest absolute Gasteiger partial charge is 0.392 e. The monoisotopic (exact) mass is 284 g/mol. The fourth-order valence-electron chi connectivity index (χ4n) is 3.13. The summed E-state index contributed by atoms with van der Waals surface area (Å²) in [6, 6.07) is 0.290. The number of hydrogen-bond acceptors (Lipinski definition) is 3. The van der Waals surface area contributed by atoms with Gasteiger partial charge in [-0.1, -0.05) is 19.1 Å². The molecule has 1 amide bonds. The first-order valence-electron chi connectivity index (χ1n) is 7.16. The van der Waals surface area contributed by atoms with Crippen molar-refractivity contribution in [2.75, 3.05) is 19.8 Å². The normalized spacial score (nSPS) is 30.9. The smallest absolute Gasteiger partial charge is 0.236 e. The Labute approximate surface area is 120 Å². The molecule has 0 radical (unpaired) electrons. The maximum absolute atomic E-state index is 13.0. The Kier molecular flexibility index (Phi) is 4.46. The molecule has 0 aromatic rings. The Morgan fingerprint density at radius 2 is 1.95 bits per heavy atom. The number of hydrogen-bond donors (Lipinski definition) is 1. The molecule has 108 valence electrons. The summed E-state index contributed by atoms with van der Waals surface area (Å²) in [5.74, 6) is 0.686. The van der Waals surface area contributed by atoms with Crippen molar-refractivity contribution in [1.82, 2.24) is 4.90 Å². The van der Waals surface area contributed by atoms with Gasteiger partial charge < -0.3 is 15.4 Å². The van der Waals surface area contributed by atoms with E-state index in [4.69, 9.17) is 22.7 Å². The molecule has 2 atom stereocenters. The van der Waals surface area contributed by atoms with Crippen molar-refractivity contribution in [2.24, 2.45) is 17.1 Å². The molecule has 0 aromatic heterocycles. The van der Waals surface area contributed by atoms with Gasteiger partial charge in [0.05, 0.1) is 4.99 Å². The summed E-state index contributed by atoms with van der Waals surface area (Å²) in [6.45, 7) is 6.28. The molecule has 2 aliphatic heterocycles. The number of nitrogens with zero attached hydrogens (tertiary/aromatic N) is 1. The van der Waals surface area contributed by atoms with Gasteiger partial charge in [-0.3, -0.25) is 4.79 Å². The molecule has 5 heteroatoms. The second-order valence-electron chi connectivity index (χ2n) is 6.05. The summed E-state index contributed by atoms with van der Waals surface area (Å²) in [6.07, 6.45) is 3.50. The topological polar surface area (TPSA) is 55.6 Å². The van der Waals surface area contributed by atoms with Crippen LogP contribution in [0.3, 0.4) is 0 Å². The zero-order valence-corrected chi connectivity index (χ0v) is 12.7. The van der Waals surface area contributed by atoms with E-state index < -0.39 is 5.41 Å². The summed E-state index contributed by atoms with van der Waals surface area (Å²) in [5.41, 5.74) is 5.25. The highest BCUT2D eigenvalue weighted by Crippen LogP contribution is 2.36. The lowest BCUT2D eigenvalue weighted by atomic mass is 9.77. The van der Waals surface area contributed by atoms with Gasteiger partial charge in [0.2, 0.25) is 5.91 Å². The standard InChI is InChI=1S/C14H24N2O2S/c1-10-3-4-11(2)16(9-10)13(17)14(12(15)19)5-7-18-8-6-14/h10-11H,3-9H2,1-2H3,(H2,15,19). The van der Waals surface area contributed by atoms with Crippen molar-refractivity contribution in [3.8, 4) is 0 Å². The van der Waals surface area contributed by atoms with Crippen LogP contribution < -0.4 is 5.73 Å². The van der Waals surface area contributed by atoms with Crippen LogP contribution in [0.1, 0.15) is 39.5 Å². The molecule has 2 saturated heterocycles. The van der Waals surface area contributed by atoms with E-state index in [1.54, 1.807) is 0 Å². The van der Waals surface area contributed by atoms with Crippen LogP contribution in [0.15, 0.2) is 0 Å². The number of carbonyl (C=O) groups is 1. The first-order chi connectivity index (χ1) is 8.97. The minimum Gasteiger partial charge on any atom is -0.392 e. The molecular formula is C14H24N2O2S. The van der Waals surface area contributed by atoms with Crippen molar-refractivity contribution >= 4 is 23.1 Å². The van der Waals surface area contributed by atoms with Crippen molar-refractivity contribution in [1.29, 1.82) is 0 Å². The second kappa shape index (κ2) is 5.75. The van der Waals surface area contributed by atoms with E-state index in [1.807, 2.05) is 4.90 Å². The van der Waals surface area contributed by atoms with Crippen molar-refractivity contribution < 1.29 is 9.53 Å². The summed E-state index contributed by atoms with van der Waals surface area (Å²) in [4.78, 5) is 15.3. The van der Waals surface area contributed by atoms with Crippen LogP contribution in [0.5, 0.6) is 0 Å². The predicted molar refractivity (Wildman–Crippen MR) is 78.8 cm³/mol. The number of amides is 1. The van der Waals surface area contributed by atoms with Crippen LogP contribution in [0.2, 0.25) is 0 Å². The molecule has 2 heterocycles. The molecule has 2 unspecified atom stereocenters. The van der Waals surface area contributed by atoms with Gasteiger partial charge in [-0.25, -0.2) is 0 Å². The maximum atomic E-state index is 13.0. The van der Waals surface area contributed by atoms with Gasteiger partial charge in [-0.05, 0) is 38.5 Å². The van der Waals surface area contributed by atoms with E-state index in [1.165, 1.54) is 6.42 Å². The number of likely N-dealkylation sites (tertiary alicyclic amines) is 1. The maximum Gasteiger partial charge on any atom is 0.236 e. The van der Waals surface area contributed by atoms with E-state index in [0.717, 1.165) is 13.0 Å². The lowest BCUT2D eigenvalue weighted by molar-refractivity contribution is -0.146. The number of piperidine rings is 1. The highest BCUT2D eigenvalue weighted by atomic mass is 32.1. The Morgan fingerprint density at radius 3 is 2.53 bits per heavy atom.